The second-order valence-corrected chi connectivity index (χ2v) is 7.52. The third kappa shape index (κ3) is 1.80. The monoisotopic (exact) mass is 307 g/mol. The predicted octanol–water partition coefficient (Wildman–Crippen LogP) is 4.55. The first-order valence-electron chi connectivity index (χ1n) is 7.96. The molecule has 2 aromatic carbocycles. The molecule has 0 fully saturated rings. The van der Waals surface area contributed by atoms with E-state index in [9.17, 15) is 10.3 Å². The average Bonchev–Trinajstić information content (AvgIpc) is 2.93. The zero-order chi connectivity index (χ0) is 16.5. The lowest BCUT2D eigenvalue weighted by atomic mass is 9.82. The van der Waals surface area contributed by atoms with Crippen molar-refractivity contribution in [1.82, 2.24) is 4.73 Å². The molecule has 3 heteroatoms. The molecule has 1 unspecified atom stereocenters. The quantitative estimate of drug-likeness (QED) is 0.599. The number of rotatable bonds is 0. The molecule has 1 atom stereocenters. The van der Waals surface area contributed by atoms with Gasteiger partial charge in [0.2, 0.25) is 0 Å². The fraction of sp³-hybridized carbons (Fsp3) is 0.300. The molecule has 0 saturated carbocycles. The molecule has 3 aromatic rings. The fourth-order valence-corrected chi connectivity index (χ4v) is 3.77. The van der Waals surface area contributed by atoms with Crippen molar-refractivity contribution >= 4 is 10.9 Å². The largest absolute Gasteiger partial charge is 0.428 e. The minimum absolute atomic E-state index is 0.0704. The highest BCUT2D eigenvalue weighted by molar-refractivity contribution is 5.97. The summed E-state index contributed by atoms with van der Waals surface area (Å²) in [5, 5.41) is 22.6. The number of fused-ring (bicyclic) bond motifs is 5. The number of nitrogens with zero attached hydrogens (tertiary/aromatic N) is 1. The number of benzene rings is 2. The number of hydrogen-bond acceptors (Lipinski definition) is 2. The van der Waals surface area contributed by atoms with Crippen LogP contribution in [0.5, 0.6) is 0 Å². The van der Waals surface area contributed by atoms with Crippen molar-refractivity contribution in [1.29, 1.82) is 0 Å². The summed E-state index contributed by atoms with van der Waals surface area (Å²) in [6.07, 6.45) is -0.694. The minimum atomic E-state index is -0.694. The van der Waals surface area contributed by atoms with Gasteiger partial charge in [0, 0.05) is 16.5 Å². The summed E-state index contributed by atoms with van der Waals surface area (Å²) in [4.78, 5) is 0. The van der Waals surface area contributed by atoms with Gasteiger partial charge in [-0.25, -0.2) is 0 Å². The van der Waals surface area contributed by atoms with Crippen LogP contribution in [-0.4, -0.2) is 15.0 Å². The highest BCUT2D eigenvalue weighted by Gasteiger charge is 2.37. The van der Waals surface area contributed by atoms with Crippen molar-refractivity contribution in [3.8, 4) is 11.3 Å². The summed E-state index contributed by atoms with van der Waals surface area (Å²) in [7, 11) is 0. The van der Waals surface area contributed by atoms with E-state index in [0.717, 1.165) is 44.4 Å². The summed E-state index contributed by atoms with van der Waals surface area (Å²) < 4.78 is 1.24. The van der Waals surface area contributed by atoms with Gasteiger partial charge >= 0.3 is 0 Å². The Morgan fingerprint density at radius 3 is 2.52 bits per heavy atom. The van der Waals surface area contributed by atoms with Gasteiger partial charge in [0.15, 0.2) is 0 Å². The fourth-order valence-electron chi connectivity index (χ4n) is 3.77. The predicted molar refractivity (Wildman–Crippen MR) is 92.1 cm³/mol. The van der Waals surface area contributed by atoms with Gasteiger partial charge in [0.25, 0.3) is 0 Å². The van der Waals surface area contributed by atoms with Crippen molar-refractivity contribution in [2.24, 2.45) is 0 Å². The Morgan fingerprint density at radius 2 is 1.83 bits per heavy atom. The zero-order valence-electron chi connectivity index (χ0n) is 13.9. The molecule has 0 aliphatic heterocycles. The molecule has 1 aliphatic carbocycles. The van der Waals surface area contributed by atoms with E-state index in [2.05, 4.69) is 26.8 Å². The van der Waals surface area contributed by atoms with Crippen LogP contribution < -0.4 is 0 Å². The molecule has 118 valence electrons. The number of aliphatic hydroxyl groups is 1. The summed E-state index contributed by atoms with van der Waals surface area (Å²) in [5.74, 6) is 0. The Bertz CT molecular complexity index is 944. The van der Waals surface area contributed by atoms with E-state index < -0.39 is 6.10 Å². The van der Waals surface area contributed by atoms with E-state index in [4.69, 9.17) is 0 Å². The average molecular weight is 307 g/mol. The topological polar surface area (TPSA) is 45.4 Å². The first-order valence-corrected chi connectivity index (χ1v) is 7.96. The van der Waals surface area contributed by atoms with Gasteiger partial charge in [0.05, 0.1) is 11.2 Å². The van der Waals surface area contributed by atoms with Crippen molar-refractivity contribution in [2.75, 3.05) is 0 Å². The van der Waals surface area contributed by atoms with E-state index in [1.807, 2.05) is 37.3 Å². The molecule has 4 rings (SSSR count). The molecule has 1 aromatic heterocycles. The van der Waals surface area contributed by atoms with E-state index in [1.54, 1.807) is 0 Å². The molecule has 1 heterocycles. The Kier molecular flexibility index (Phi) is 2.74. The number of aliphatic hydroxyl groups excluding tert-OH is 1. The van der Waals surface area contributed by atoms with Crippen molar-refractivity contribution in [3.05, 3.63) is 58.7 Å². The lowest BCUT2D eigenvalue weighted by molar-refractivity contribution is 0.201. The maximum Gasteiger partial charge on any atom is 0.108 e. The van der Waals surface area contributed by atoms with Crippen LogP contribution in [0.15, 0.2) is 36.4 Å². The maximum atomic E-state index is 10.9. The van der Waals surface area contributed by atoms with Gasteiger partial charge < -0.3 is 10.3 Å². The Balaban J connectivity index is 2.16. The minimum Gasteiger partial charge on any atom is -0.428 e. The van der Waals surface area contributed by atoms with Crippen molar-refractivity contribution in [3.63, 3.8) is 0 Å². The Labute approximate surface area is 135 Å². The molecular weight excluding hydrogens is 286 g/mol. The number of hydrogen-bond donors (Lipinski definition) is 2. The van der Waals surface area contributed by atoms with E-state index >= 15 is 0 Å². The normalized spacial score (nSPS) is 16.7. The van der Waals surface area contributed by atoms with Crippen LogP contribution in [0.25, 0.3) is 22.2 Å². The molecule has 3 nitrogen and oxygen atoms in total. The first kappa shape index (κ1) is 14.3. The number of aryl methyl sites for hydroxylation is 1. The summed E-state index contributed by atoms with van der Waals surface area (Å²) in [6, 6.07) is 12.0. The van der Waals surface area contributed by atoms with E-state index in [0.29, 0.717) is 0 Å². The van der Waals surface area contributed by atoms with Gasteiger partial charge in [-0.3, -0.25) is 0 Å². The summed E-state index contributed by atoms with van der Waals surface area (Å²) in [5.41, 5.74) is 6.34. The molecule has 0 saturated heterocycles. The zero-order valence-corrected chi connectivity index (χ0v) is 13.9. The highest BCUT2D eigenvalue weighted by Crippen LogP contribution is 2.51. The third-order valence-electron chi connectivity index (χ3n) is 4.85. The van der Waals surface area contributed by atoms with Crippen LogP contribution in [0, 0.1) is 6.92 Å². The lowest BCUT2D eigenvalue weighted by Gasteiger charge is -2.23. The van der Waals surface area contributed by atoms with Gasteiger partial charge in [-0.05, 0) is 35.6 Å². The van der Waals surface area contributed by atoms with Crippen LogP contribution >= 0.6 is 0 Å². The van der Waals surface area contributed by atoms with Crippen LogP contribution in [-0.2, 0) is 5.41 Å². The second kappa shape index (κ2) is 4.39. The molecular formula is C20H21NO2. The maximum absolute atomic E-state index is 10.9. The van der Waals surface area contributed by atoms with E-state index in [1.165, 1.54) is 4.73 Å². The first-order chi connectivity index (χ1) is 10.8. The van der Waals surface area contributed by atoms with E-state index in [-0.39, 0.29) is 5.41 Å². The molecule has 0 radical (unpaired) electrons. The Hall–Kier alpha value is -2.26. The number of aromatic nitrogens is 1. The summed E-state index contributed by atoms with van der Waals surface area (Å²) in [6.45, 7) is 8.49. The van der Waals surface area contributed by atoms with Gasteiger partial charge in [-0.15, -0.1) is 0 Å². The van der Waals surface area contributed by atoms with Crippen LogP contribution in [0.4, 0.5) is 0 Å². The molecule has 0 spiro atoms. The lowest BCUT2D eigenvalue weighted by Crippen LogP contribution is -2.13. The highest BCUT2D eigenvalue weighted by atomic mass is 16.5. The van der Waals surface area contributed by atoms with Crippen molar-refractivity contribution in [2.45, 2.75) is 39.2 Å². The van der Waals surface area contributed by atoms with Crippen LogP contribution in [0.3, 0.4) is 0 Å². The van der Waals surface area contributed by atoms with Crippen LogP contribution in [0.1, 0.15) is 49.1 Å². The third-order valence-corrected chi connectivity index (χ3v) is 4.85. The Morgan fingerprint density at radius 1 is 1.09 bits per heavy atom. The molecule has 1 aliphatic rings. The standard InChI is InChI=1S/C20H21NO2/c1-11-8-9-15-13(10-11)17-18(21(15)23)16-12(19(17)22)6-5-7-14(16)20(2,3)4/h5-10,19,22-23H,1-4H3. The summed E-state index contributed by atoms with van der Waals surface area (Å²) >= 11 is 0. The molecule has 0 bridgehead atoms. The SMILES string of the molecule is Cc1ccc2c(c1)c1c(n2O)-c2c(cccc2C(C)(C)C)C1O. The van der Waals surface area contributed by atoms with Crippen LogP contribution in [0.2, 0.25) is 0 Å². The van der Waals surface area contributed by atoms with Crippen molar-refractivity contribution < 1.29 is 10.3 Å². The molecule has 23 heavy (non-hydrogen) atoms. The smallest absolute Gasteiger partial charge is 0.108 e. The second-order valence-electron chi connectivity index (χ2n) is 7.52. The molecule has 0 amide bonds. The molecule has 2 N–H and O–H groups in total. The van der Waals surface area contributed by atoms with Gasteiger partial charge in [-0.1, -0.05) is 50.6 Å². The van der Waals surface area contributed by atoms with Gasteiger partial charge in [0.1, 0.15) is 6.10 Å². The van der Waals surface area contributed by atoms with Gasteiger partial charge in [-0.2, -0.15) is 4.73 Å².